The standard InChI is InChI=1S/C19H18FN3/c1-2-22-12-18-19(15-7-9-21-10-8-15)17(11-23(18)13-22)14-3-5-16(20)6-4-14/h3-11H,2,12-13H2,1H3. The van der Waals surface area contributed by atoms with E-state index < -0.39 is 0 Å². The van der Waals surface area contributed by atoms with Gasteiger partial charge in [-0.25, -0.2) is 4.39 Å². The summed E-state index contributed by atoms with van der Waals surface area (Å²) in [6, 6.07) is 10.8. The van der Waals surface area contributed by atoms with Gasteiger partial charge >= 0.3 is 0 Å². The molecule has 3 nitrogen and oxygen atoms in total. The molecule has 0 amide bonds. The molecule has 116 valence electrons. The lowest BCUT2D eigenvalue weighted by Gasteiger charge is -2.12. The molecule has 4 rings (SSSR count). The van der Waals surface area contributed by atoms with Crippen molar-refractivity contribution in [2.24, 2.45) is 0 Å². The lowest BCUT2D eigenvalue weighted by molar-refractivity contribution is 0.271. The summed E-state index contributed by atoms with van der Waals surface area (Å²) in [6.07, 6.45) is 5.83. The van der Waals surface area contributed by atoms with Crippen molar-refractivity contribution in [3.8, 4) is 22.3 Å². The van der Waals surface area contributed by atoms with E-state index in [4.69, 9.17) is 0 Å². The van der Waals surface area contributed by atoms with E-state index in [9.17, 15) is 4.39 Å². The number of halogens is 1. The number of hydrogen-bond acceptors (Lipinski definition) is 2. The predicted octanol–water partition coefficient (Wildman–Crippen LogP) is 4.15. The molecule has 3 heterocycles. The smallest absolute Gasteiger partial charge is 0.123 e. The molecule has 1 aromatic carbocycles. The van der Waals surface area contributed by atoms with E-state index in [-0.39, 0.29) is 5.82 Å². The second-order valence-electron chi connectivity index (χ2n) is 5.86. The van der Waals surface area contributed by atoms with Gasteiger partial charge in [0, 0.05) is 42.0 Å². The van der Waals surface area contributed by atoms with Crippen LogP contribution in [0.2, 0.25) is 0 Å². The molecule has 0 aliphatic carbocycles. The molecule has 1 aliphatic heterocycles. The predicted molar refractivity (Wildman–Crippen MR) is 89.1 cm³/mol. The Hall–Kier alpha value is -2.46. The first kappa shape index (κ1) is 14.2. The number of fused-ring (bicyclic) bond motifs is 1. The van der Waals surface area contributed by atoms with Crippen LogP contribution >= 0.6 is 0 Å². The van der Waals surface area contributed by atoms with Gasteiger partial charge < -0.3 is 4.57 Å². The fourth-order valence-corrected chi connectivity index (χ4v) is 3.27. The summed E-state index contributed by atoms with van der Waals surface area (Å²) in [5.74, 6) is -0.205. The quantitative estimate of drug-likeness (QED) is 0.725. The Morgan fingerprint density at radius 3 is 2.48 bits per heavy atom. The van der Waals surface area contributed by atoms with E-state index >= 15 is 0 Å². The van der Waals surface area contributed by atoms with Crippen LogP contribution in [0.25, 0.3) is 22.3 Å². The summed E-state index contributed by atoms with van der Waals surface area (Å²) in [4.78, 5) is 6.52. The maximum Gasteiger partial charge on any atom is 0.123 e. The van der Waals surface area contributed by atoms with Crippen LogP contribution in [0.3, 0.4) is 0 Å². The molecule has 4 heteroatoms. The van der Waals surface area contributed by atoms with Crippen LogP contribution in [-0.4, -0.2) is 21.0 Å². The molecule has 0 bridgehead atoms. The number of nitrogens with zero attached hydrogens (tertiary/aromatic N) is 3. The van der Waals surface area contributed by atoms with Crippen LogP contribution < -0.4 is 0 Å². The maximum atomic E-state index is 13.3. The molecule has 0 unspecified atom stereocenters. The van der Waals surface area contributed by atoms with Crippen molar-refractivity contribution in [1.29, 1.82) is 0 Å². The number of benzene rings is 1. The van der Waals surface area contributed by atoms with Crippen molar-refractivity contribution in [2.45, 2.75) is 20.1 Å². The molecule has 3 aromatic rings. The molecule has 0 saturated heterocycles. The second kappa shape index (κ2) is 5.63. The van der Waals surface area contributed by atoms with Crippen molar-refractivity contribution in [3.63, 3.8) is 0 Å². The average Bonchev–Trinajstić information content (AvgIpc) is 3.13. The normalized spacial score (nSPS) is 14.2. The van der Waals surface area contributed by atoms with Gasteiger partial charge in [-0.2, -0.15) is 0 Å². The van der Waals surface area contributed by atoms with Gasteiger partial charge in [-0.15, -0.1) is 0 Å². The Bertz CT molecular complexity index is 822. The minimum absolute atomic E-state index is 0.205. The van der Waals surface area contributed by atoms with Gasteiger partial charge in [0.15, 0.2) is 0 Å². The Labute approximate surface area is 135 Å². The summed E-state index contributed by atoms with van der Waals surface area (Å²) in [5, 5.41) is 0. The molecule has 0 N–H and O–H groups in total. The number of pyridine rings is 1. The first-order valence-electron chi connectivity index (χ1n) is 7.87. The van der Waals surface area contributed by atoms with Gasteiger partial charge in [0.05, 0.1) is 6.67 Å². The highest BCUT2D eigenvalue weighted by Gasteiger charge is 2.25. The molecule has 1 aliphatic rings. The monoisotopic (exact) mass is 307 g/mol. The first-order chi connectivity index (χ1) is 11.3. The average molecular weight is 307 g/mol. The van der Waals surface area contributed by atoms with Crippen molar-refractivity contribution in [2.75, 3.05) is 6.54 Å². The highest BCUT2D eigenvalue weighted by molar-refractivity contribution is 5.85. The highest BCUT2D eigenvalue weighted by Crippen LogP contribution is 2.39. The van der Waals surface area contributed by atoms with Gasteiger partial charge in [0.25, 0.3) is 0 Å². The van der Waals surface area contributed by atoms with Crippen molar-refractivity contribution in [1.82, 2.24) is 14.5 Å². The topological polar surface area (TPSA) is 21.1 Å². The first-order valence-corrected chi connectivity index (χ1v) is 7.87. The third-order valence-electron chi connectivity index (χ3n) is 4.49. The second-order valence-corrected chi connectivity index (χ2v) is 5.86. The lowest BCUT2D eigenvalue weighted by atomic mass is 9.97. The van der Waals surface area contributed by atoms with Crippen molar-refractivity contribution < 1.29 is 4.39 Å². The molecule has 2 aromatic heterocycles. The summed E-state index contributed by atoms with van der Waals surface area (Å²) in [5.41, 5.74) is 5.91. The fraction of sp³-hybridized carbons (Fsp3) is 0.211. The summed E-state index contributed by atoms with van der Waals surface area (Å²) in [6.45, 7) is 5.06. The van der Waals surface area contributed by atoms with Gasteiger partial charge in [-0.1, -0.05) is 19.1 Å². The van der Waals surface area contributed by atoms with E-state index in [0.717, 1.165) is 36.4 Å². The number of aromatic nitrogens is 2. The summed E-state index contributed by atoms with van der Waals surface area (Å²) >= 11 is 0. The molecule has 23 heavy (non-hydrogen) atoms. The van der Waals surface area contributed by atoms with Crippen molar-refractivity contribution in [3.05, 3.63) is 66.5 Å². The third kappa shape index (κ3) is 2.45. The lowest BCUT2D eigenvalue weighted by Crippen LogP contribution is -2.16. The van der Waals surface area contributed by atoms with E-state index in [2.05, 4.69) is 27.6 Å². The summed E-state index contributed by atoms with van der Waals surface area (Å²) in [7, 11) is 0. The maximum absolute atomic E-state index is 13.3. The molecule has 0 radical (unpaired) electrons. The zero-order valence-electron chi connectivity index (χ0n) is 13.0. The molecule has 0 atom stereocenters. The van der Waals surface area contributed by atoms with Gasteiger partial charge in [-0.3, -0.25) is 9.88 Å². The van der Waals surface area contributed by atoms with E-state index in [1.807, 2.05) is 36.7 Å². The van der Waals surface area contributed by atoms with Gasteiger partial charge in [0.1, 0.15) is 5.82 Å². The van der Waals surface area contributed by atoms with E-state index in [1.54, 1.807) is 0 Å². The summed E-state index contributed by atoms with van der Waals surface area (Å²) < 4.78 is 15.6. The van der Waals surface area contributed by atoms with Crippen LogP contribution in [0.15, 0.2) is 55.0 Å². The van der Waals surface area contributed by atoms with Crippen molar-refractivity contribution >= 4 is 0 Å². The van der Waals surface area contributed by atoms with Crippen LogP contribution in [0.4, 0.5) is 4.39 Å². The largest absolute Gasteiger partial charge is 0.336 e. The van der Waals surface area contributed by atoms with Crippen LogP contribution in [-0.2, 0) is 13.2 Å². The number of rotatable bonds is 3. The van der Waals surface area contributed by atoms with E-state index in [0.29, 0.717) is 0 Å². The van der Waals surface area contributed by atoms with Crippen LogP contribution in [0.5, 0.6) is 0 Å². The number of hydrogen-bond donors (Lipinski definition) is 0. The Balaban J connectivity index is 1.89. The molecular weight excluding hydrogens is 289 g/mol. The fourth-order valence-electron chi connectivity index (χ4n) is 3.27. The molecule has 0 spiro atoms. The van der Waals surface area contributed by atoms with E-state index in [1.165, 1.54) is 23.4 Å². The SMILES string of the molecule is CCN1Cc2c(-c3ccncc3)c(-c3ccc(F)cc3)cn2C1. The third-order valence-corrected chi connectivity index (χ3v) is 4.49. The van der Waals surface area contributed by atoms with Crippen LogP contribution in [0.1, 0.15) is 12.6 Å². The minimum Gasteiger partial charge on any atom is -0.336 e. The molecule has 0 saturated carbocycles. The Morgan fingerprint density at radius 1 is 1.04 bits per heavy atom. The zero-order chi connectivity index (χ0) is 15.8. The molecular formula is C19H18FN3. The molecule has 0 fully saturated rings. The Morgan fingerprint density at radius 2 is 1.78 bits per heavy atom. The van der Waals surface area contributed by atoms with Crippen LogP contribution in [0, 0.1) is 5.82 Å². The van der Waals surface area contributed by atoms with Gasteiger partial charge in [0.2, 0.25) is 0 Å². The minimum atomic E-state index is -0.205. The van der Waals surface area contributed by atoms with Gasteiger partial charge in [-0.05, 0) is 41.9 Å². The Kier molecular flexibility index (Phi) is 3.46. The highest BCUT2D eigenvalue weighted by atomic mass is 19.1. The zero-order valence-corrected chi connectivity index (χ0v) is 13.0.